The zero-order valence-electron chi connectivity index (χ0n) is 31.0. The maximum absolute atomic E-state index is 6.49. The molecule has 55 heavy (non-hydrogen) atoms. The van der Waals surface area contributed by atoms with E-state index in [2.05, 4.69) is 160 Å². The molecule has 0 aliphatic rings. The summed E-state index contributed by atoms with van der Waals surface area (Å²) in [5.41, 5.74) is 13.4. The van der Waals surface area contributed by atoms with E-state index in [-0.39, 0.29) is 21.1 Å². The minimum Gasteiger partial charge on any atom is -0.509 e. The summed E-state index contributed by atoms with van der Waals surface area (Å²) >= 11 is 0. The Morgan fingerprint density at radius 3 is 2.00 bits per heavy atom. The Labute approximate surface area is 336 Å². The quantitative estimate of drug-likeness (QED) is 0.143. The van der Waals surface area contributed by atoms with Crippen molar-refractivity contribution in [2.45, 2.75) is 33.6 Å². The summed E-state index contributed by atoms with van der Waals surface area (Å²) in [6.45, 7) is 8.79. The van der Waals surface area contributed by atoms with Gasteiger partial charge in [-0.25, -0.2) is 4.98 Å². The second-order valence-electron chi connectivity index (χ2n) is 14.1. The molecule has 5 nitrogen and oxygen atoms in total. The van der Waals surface area contributed by atoms with Gasteiger partial charge in [0.25, 0.3) is 0 Å². The van der Waals surface area contributed by atoms with Crippen LogP contribution in [0.15, 0.2) is 152 Å². The molecule has 0 aliphatic carbocycles. The van der Waals surface area contributed by atoms with Gasteiger partial charge in [-0.15, -0.1) is 35.7 Å². The average Bonchev–Trinajstić information content (AvgIpc) is 3.82. The number of aryl methyl sites for hydroxylation is 2. The SMILES string of the molecule is Cc1cc(C)c(-c2ccccc2)c(-c2cnn(-c3[c-]c(Oc4[c-]c5c(cc4)c4ccccc4n5-c4cc(C(C)C)ccn4)ccc3)c2)c1-c1ccccc1.[Pt+2]. The van der Waals surface area contributed by atoms with Crippen LogP contribution in [0.4, 0.5) is 0 Å². The van der Waals surface area contributed by atoms with Gasteiger partial charge in [0, 0.05) is 40.5 Å². The molecule has 0 atom stereocenters. The number of para-hydroxylation sites is 1. The molecule has 6 heteroatoms. The van der Waals surface area contributed by atoms with E-state index in [4.69, 9.17) is 14.8 Å². The molecule has 6 aromatic carbocycles. The van der Waals surface area contributed by atoms with Crippen LogP contribution in [-0.2, 0) is 21.1 Å². The molecule has 270 valence electrons. The maximum Gasteiger partial charge on any atom is 2.00 e. The van der Waals surface area contributed by atoms with Crippen LogP contribution in [0.5, 0.6) is 11.5 Å². The second kappa shape index (κ2) is 15.0. The summed E-state index contributed by atoms with van der Waals surface area (Å²) in [5, 5.41) is 7.12. The molecule has 0 fully saturated rings. The summed E-state index contributed by atoms with van der Waals surface area (Å²) in [4.78, 5) is 4.79. The summed E-state index contributed by atoms with van der Waals surface area (Å²) in [6.07, 6.45) is 5.94. The van der Waals surface area contributed by atoms with E-state index in [0.717, 1.165) is 44.4 Å². The summed E-state index contributed by atoms with van der Waals surface area (Å²) in [5.74, 6) is 2.41. The Morgan fingerprint density at radius 2 is 1.29 bits per heavy atom. The van der Waals surface area contributed by atoms with Gasteiger partial charge in [-0.2, -0.15) is 17.2 Å². The molecule has 0 spiro atoms. The zero-order valence-corrected chi connectivity index (χ0v) is 33.3. The van der Waals surface area contributed by atoms with Crippen LogP contribution in [0, 0.1) is 26.0 Å². The van der Waals surface area contributed by atoms with Crippen molar-refractivity contribution in [2.75, 3.05) is 0 Å². The molecule has 0 unspecified atom stereocenters. The van der Waals surface area contributed by atoms with Crippen molar-refractivity contribution in [3.63, 3.8) is 0 Å². The first-order valence-corrected chi connectivity index (χ1v) is 18.4. The fourth-order valence-corrected chi connectivity index (χ4v) is 7.65. The number of ether oxygens (including phenoxy) is 1. The molecular formula is C49H38N4OPt. The Morgan fingerprint density at radius 1 is 0.618 bits per heavy atom. The van der Waals surface area contributed by atoms with E-state index in [0.29, 0.717) is 17.4 Å². The molecule has 0 amide bonds. The Balaban J connectivity index is 0.00000427. The first-order chi connectivity index (χ1) is 26.4. The van der Waals surface area contributed by atoms with Gasteiger partial charge in [0.05, 0.1) is 6.20 Å². The summed E-state index contributed by atoms with van der Waals surface area (Å²) in [6, 6.07) is 53.2. The number of rotatable bonds is 8. The van der Waals surface area contributed by atoms with Gasteiger partial charge in [-0.3, -0.25) is 4.68 Å². The molecule has 9 aromatic rings. The van der Waals surface area contributed by atoms with Crippen molar-refractivity contribution in [3.8, 4) is 56.4 Å². The Kier molecular flexibility index (Phi) is 9.82. The second-order valence-corrected chi connectivity index (χ2v) is 14.1. The Hall–Kier alpha value is -6.03. The minimum absolute atomic E-state index is 0. The number of aromatic nitrogens is 4. The third-order valence-electron chi connectivity index (χ3n) is 10.2. The molecule has 0 radical (unpaired) electrons. The van der Waals surface area contributed by atoms with Crippen molar-refractivity contribution in [1.29, 1.82) is 0 Å². The van der Waals surface area contributed by atoms with E-state index in [9.17, 15) is 0 Å². The van der Waals surface area contributed by atoms with E-state index in [1.807, 2.05) is 41.3 Å². The van der Waals surface area contributed by atoms with Gasteiger partial charge in [0.15, 0.2) is 0 Å². The van der Waals surface area contributed by atoms with E-state index >= 15 is 0 Å². The normalized spacial score (nSPS) is 11.3. The van der Waals surface area contributed by atoms with E-state index in [1.54, 1.807) is 0 Å². The van der Waals surface area contributed by atoms with Crippen LogP contribution in [-0.4, -0.2) is 19.3 Å². The number of hydrogen-bond donors (Lipinski definition) is 0. The predicted molar refractivity (Wildman–Crippen MR) is 220 cm³/mol. The minimum atomic E-state index is 0. The van der Waals surface area contributed by atoms with Crippen molar-refractivity contribution >= 4 is 21.8 Å². The third kappa shape index (κ3) is 6.70. The van der Waals surface area contributed by atoms with Crippen molar-refractivity contribution in [1.82, 2.24) is 19.3 Å². The topological polar surface area (TPSA) is 44.9 Å². The van der Waals surface area contributed by atoms with E-state index in [1.165, 1.54) is 38.9 Å². The first kappa shape index (κ1) is 36.0. The molecule has 0 saturated carbocycles. The van der Waals surface area contributed by atoms with Crippen LogP contribution < -0.4 is 4.74 Å². The standard InChI is InChI=1S/C49H38N4O.Pt/c1-32(2)37-24-25-50-46(27-37)53-44-21-12-11-20-42(44)43-23-22-41(29-45(43)53)54-40-19-13-18-39(28-40)52-31-38(30-51-52)49-47(35-14-7-5-8-15-35)33(3)26-34(4)48(49)36-16-9-6-10-17-36;/h5-27,30-32H,1-4H3;/q-2;+2. The summed E-state index contributed by atoms with van der Waals surface area (Å²) in [7, 11) is 0. The van der Waals surface area contributed by atoms with Crippen molar-refractivity contribution in [3.05, 3.63) is 181 Å². The van der Waals surface area contributed by atoms with Gasteiger partial charge in [-0.1, -0.05) is 104 Å². The van der Waals surface area contributed by atoms with Crippen LogP contribution in [0.25, 0.3) is 66.7 Å². The molecule has 0 saturated heterocycles. The number of nitrogens with zero attached hydrogens (tertiary/aromatic N) is 4. The molecule has 0 aliphatic heterocycles. The summed E-state index contributed by atoms with van der Waals surface area (Å²) < 4.78 is 10.5. The van der Waals surface area contributed by atoms with Gasteiger partial charge in [0.2, 0.25) is 0 Å². The smallest absolute Gasteiger partial charge is 0.509 e. The van der Waals surface area contributed by atoms with Crippen LogP contribution in [0.2, 0.25) is 0 Å². The zero-order chi connectivity index (χ0) is 36.8. The van der Waals surface area contributed by atoms with Crippen LogP contribution in [0.1, 0.15) is 36.5 Å². The number of benzene rings is 6. The monoisotopic (exact) mass is 893 g/mol. The fourth-order valence-electron chi connectivity index (χ4n) is 7.65. The molecule has 9 rings (SSSR count). The molecule has 0 bridgehead atoms. The number of fused-ring (bicyclic) bond motifs is 3. The van der Waals surface area contributed by atoms with Crippen LogP contribution >= 0.6 is 0 Å². The molecular weight excluding hydrogens is 856 g/mol. The maximum atomic E-state index is 6.49. The largest absolute Gasteiger partial charge is 2.00 e. The molecule has 3 heterocycles. The van der Waals surface area contributed by atoms with Crippen LogP contribution in [0.3, 0.4) is 0 Å². The van der Waals surface area contributed by atoms with E-state index < -0.39 is 0 Å². The predicted octanol–water partition coefficient (Wildman–Crippen LogP) is 12.5. The Bertz CT molecular complexity index is 2740. The number of hydrogen-bond acceptors (Lipinski definition) is 3. The van der Waals surface area contributed by atoms with Gasteiger partial charge in [0.1, 0.15) is 5.82 Å². The van der Waals surface area contributed by atoms with Gasteiger partial charge in [-0.05, 0) is 88.0 Å². The third-order valence-corrected chi connectivity index (χ3v) is 10.2. The van der Waals surface area contributed by atoms with Gasteiger partial charge >= 0.3 is 21.1 Å². The number of pyridine rings is 1. The fraction of sp³-hybridized carbons (Fsp3) is 0.102. The molecule has 3 aromatic heterocycles. The first-order valence-electron chi connectivity index (χ1n) is 18.4. The van der Waals surface area contributed by atoms with Crippen molar-refractivity contribution < 1.29 is 25.8 Å². The van der Waals surface area contributed by atoms with Crippen molar-refractivity contribution in [2.24, 2.45) is 0 Å². The molecule has 0 N–H and O–H groups in total. The average molecular weight is 894 g/mol. The van der Waals surface area contributed by atoms with Gasteiger partial charge < -0.3 is 9.30 Å².